The maximum absolute atomic E-state index is 11.5. The smallest absolute Gasteiger partial charge is 0.166 e. The largest absolute Gasteiger partial charge is 0.294 e. The van der Waals surface area contributed by atoms with Crippen molar-refractivity contribution in [1.82, 2.24) is 9.78 Å². The Bertz CT molecular complexity index is 289. The van der Waals surface area contributed by atoms with Gasteiger partial charge in [-0.15, -0.1) is 0 Å². The zero-order chi connectivity index (χ0) is 9.84. The molecular weight excluding hydrogens is 164 g/mol. The standard InChI is InChI=1S/C10H16N2O/c1-8(2)4-5-10(13)9-6-11-12(3)7-9/h6-8H,4-5H2,1-3H3. The van der Waals surface area contributed by atoms with Crippen LogP contribution >= 0.6 is 0 Å². The topological polar surface area (TPSA) is 34.9 Å². The van der Waals surface area contributed by atoms with E-state index >= 15 is 0 Å². The Morgan fingerprint density at radius 1 is 1.62 bits per heavy atom. The first kappa shape index (κ1) is 9.96. The van der Waals surface area contributed by atoms with Crippen molar-refractivity contribution in [3.8, 4) is 0 Å². The van der Waals surface area contributed by atoms with Crippen LogP contribution in [0.4, 0.5) is 0 Å². The highest BCUT2D eigenvalue weighted by molar-refractivity contribution is 5.95. The third-order valence-electron chi connectivity index (χ3n) is 1.98. The van der Waals surface area contributed by atoms with Crippen molar-refractivity contribution in [2.45, 2.75) is 26.7 Å². The van der Waals surface area contributed by atoms with Crippen LogP contribution in [0.1, 0.15) is 37.0 Å². The van der Waals surface area contributed by atoms with Crippen molar-refractivity contribution in [1.29, 1.82) is 0 Å². The first-order valence-electron chi connectivity index (χ1n) is 4.61. The summed E-state index contributed by atoms with van der Waals surface area (Å²) in [6.07, 6.45) is 4.97. The van der Waals surface area contributed by atoms with Crippen molar-refractivity contribution in [2.75, 3.05) is 0 Å². The molecule has 0 atom stereocenters. The molecule has 1 aromatic rings. The van der Waals surface area contributed by atoms with Crippen LogP contribution in [0.15, 0.2) is 12.4 Å². The molecule has 0 unspecified atom stereocenters. The van der Waals surface area contributed by atoms with Gasteiger partial charge in [-0.2, -0.15) is 5.10 Å². The molecule has 0 aliphatic carbocycles. The van der Waals surface area contributed by atoms with Crippen LogP contribution in [0.2, 0.25) is 0 Å². The number of Topliss-reactive ketones (excluding diaryl/α,β-unsaturated/α-hetero) is 1. The minimum absolute atomic E-state index is 0.196. The average Bonchev–Trinajstić information content (AvgIpc) is 2.47. The van der Waals surface area contributed by atoms with Crippen molar-refractivity contribution in [3.63, 3.8) is 0 Å². The van der Waals surface area contributed by atoms with Gasteiger partial charge in [-0.1, -0.05) is 13.8 Å². The van der Waals surface area contributed by atoms with Gasteiger partial charge in [0, 0.05) is 19.7 Å². The number of aromatic nitrogens is 2. The minimum atomic E-state index is 0.196. The van der Waals surface area contributed by atoms with Gasteiger partial charge in [0.15, 0.2) is 5.78 Å². The number of aryl methyl sites for hydroxylation is 1. The summed E-state index contributed by atoms with van der Waals surface area (Å²) >= 11 is 0. The SMILES string of the molecule is CC(C)CCC(=O)c1cnn(C)c1. The molecule has 1 rings (SSSR count). The molecule has 0 radical (unpaired) electrons. The average molecular weight is 180 g/mol. The van der Waals surface area contributed by atoms with Crippen LogP contribution in [0, 0.1) is 5.92 Å². The summed E-state index contributed by atoms with van der Waals surface area (Å²) in [5, 5.41) is 3.96. The second kappa shape index (κ2) is 4.21. The number of hydrogen-bond acceptors (Lipinski definition) is 2. The Balaban J connectivity index is 2.49. The van der Waals surface area contributed by atoms with Crippen molar-refractivity contribution < 1.29 is 4.79 Å². The van der Waals surface area contributed by atoms with Crippen LogP contribution in [0.25, 0.3) is 0 Å². The van der Waals surface area contributed by atoms with E-state index in [1.165, 1.54) is 0 Å². The normalized spacial score (nSPS) is 10.8. The molecular formula is C10H16N2O. The molecule has 0 bridgehead atoms. The lowest BCUT2D eigenvalue weighted by atomic mass is 10.0. The third kappa shape index (κ3) is 3.01. The first-order valence-corrected chi connectivity index (χ1v) is 4.61. The molecule has 1 aromatic heterocycles. The van der Waals surface area contributed by atoms with Gasteiger partial charge < -0.3 is 0 Å². The Morgan fingerprint density at radius 2 is 2.31 bits per heavy atom. The van der Waals surface area contributed by atoms with E-state index in [4.69, 9.17) is 0 Å². The van der Waals surface area contributed by atoms with Crippen molar-refractivity contribution >= 4 is 5.78 Å². The molecule has 0 saturated heterocycles. The predicted molar refractivity (Wildman–Crippen MR) is 51.6 cm³/mol. The quantitative estimate of drug-likeness (QED) is 0.664. The lowest BCUT2D eigenvalue weighted by Crippen LogP contribution is -2.00. The number of nitrogens with zero attached hydrogens (tertiary/aromatic N) is 2. The molecule has 0 amide bonds. The van der Waals surface area contributed by atoms with E-state index < -0.39 is 0 Å². The molecule has 1 heterocycles. The van der Waals surface area contributed by atoms with Crippen LogP contribution in [0.5, 0.6) is 0 Å². The van der Waals surface area contributed by atoms with E-state index in [0.717, 1.165) is 12.0 Å². The number of rotatable bonds is 4. The molecule has 3 heteroatoms. The molecule has 0 spiro atoms. The predicted octanol–water partition coefficient (Wildman–Crippen LogP) is 2.04. The maximum Gasteiger partial charge on any atom is 0.166 e. The van der Waals surface area contributed by atoms with Gasteiger partial charge in [-0.25, -0.2) is 0 Å². The highest BCUT2D eigenvalue weighted by Crippen LogP contribution is 2.08. The molecule has 72 valence electrons. The highest BCUT2D eigenvalue weighted by Gasteiger charge is 2.08. The van der Waals surface area contributed by atoms with Gasteiger partial charge in [0.05, 0.1) is 11.8 Å². The Hall–Kier alpha value is -1.12. The minimum Gasteiger partial charge on any atom is -0.294 e. The molecule has 13 heavy (non-hydrogen) atoms. The van der Waals surface area contributed by atoms with Gasteiger partial charge in [0.1, 0.15) is 0 Å². The van der Waals surface area contributed by atoms with Crippen LogP contribution in [0.3, 0.4) is 0 Å². The van der Waals surface area contributed by atoms with Gasteiger partial charge >= 0.3 is 0 Å². The van der Waals surface area contributed by atoms with E-state index in [1.807, 2.05) is 7.05 Å². The zero-order valence-electron chi connectivity index (χ0n) is 8.45. The number of hydrogen-bond donors (Lipinski definition) is 0. The Labute approximate surface area is 78.8 Å². The second-order valence-electron chi connectivity index (χ2n) is 3.76. The molecule has 0 saturated carbocycles. The summed E-state index contributed by atoms with van der Waals surface area (Å²) in [4.78, 5) is 11.5. The monoisotopic (exact) mass is 180 g/mol. The Kier molecular flexibility index (Phi) is 3.23. The summed E-state index contributed by atoms with van der Waals surface area (Å²) in [6, 6.07) is 0. The first-order chi connectivity index (χ1) is 6.09. The maximum atomic E-state index is 11.5. The van der Waals surface area contributed by atoms with Gasteiger partial charge in [-0.05, 0) is 12.3 Å². The highest BCUT2D eigenvalue weighted by atomic mass is 16.1. The van der Waals surface area contributed by atoms with Crippen LogP contribution in [-0.4, -0.2) is 15.6 Å². The fraction of sp³-hybridized carbons (Fsp3) is 0.600. The van der Waals surface area contributed by atoms with Crippen LogP contribution < -0.4 is 0 Å². The number of ketones is 1. The molecule has 0 N–H and O–H groups in total. The summed E-state index contributed by atoms with van der Waals surface area (Å²) in [5.41, 5.74) is 0.725. The van der Waals surface area contributed by atoms with E-state index in [2.05, 4.69) is 18.9 Å². The number of carbonyl (C=O) groups excluding carboxylic acids is 1. The third-order valence-corrected chi connectivity index (χ3v) is 1.98. The summed E-state index contributed by atoms with van der Waals surface area (Å²) in [5.74, 6) is 0.780. The summed E-state index contributed by atoms with van der Waals surface area (Å²) in [7, 11) is 1.82. The van der Waals surface area contributed by atoms with E-state index in [1.54, 1.807) is 17.1 Å². The van der Waals surface area contributed by atoms with Crippen molar-refractivity contribution in [2.24, 2.45) is 13.0 Å². The van der Waals surface area contributed by atoms with Crippen LogP contribution in [-0.2, 0) is 7.05 Å². The van der Waals surface area contributed by atoms with Gasteiger partial charge in [0.2, 0.25) is 0 Å². The van der Waals surface area contributed by atoms with E-state index in [-0.39, 0.29) is 5.78 Å². The summed E-state index contributed by atoms with van der Waals surface area (Å²) < 4.78 is 1.66. The van der Waals surface area contributed by atoms with E-state index in [9.17, 15) is 4.79 Å². The fourth-order valence-corrected chi connectivity index (χ4v) is 1.13. The lowest BCUT2D eigenvalue weighted by Gasteiger charge is -2.01. The van der Waals surface area contributed by atoms with Gasteiger partial charge in [-0.3, -0.25) is 9.48 Å². The molecule has 0 aliphatic rings. The van der Waals surface area contributed by atoms with E-state index in [0.29, 0.717) is 12.3 Å². The fourth-order valence-electron chi connectivity index (χ4n) is 1.13. The van der Waals surface area contributed by atoms with Crippen molar-refractivity contribution in [3.05, 3.63) is 18.0 Å². The Morgan fingerprint density at radius 3 is 2.77 bits per heavy atom. The second-order valence-corrected chi connectivity index (χ2v) is 3.76. The molecule has 0 fully saturated rings. The molecule has 3 nitrogen and oxygen atoms in total. The molecule has 0 aromatic carbocycles. The molecule has 0 aliphatic heterocycles. The number of carbonyl (C=O) groups is 1. The summed E-state index contributed by atoms with van der Waals surface area (Å²) in [6.45, 7) is 4.24. The zero-order valence-corrected chi connectivity index (χ0v) is 8.45. The van der Waals surface area contributed by atoms with Gasteiger partial charge in [0.25, 0.3) is 0 Å². The lowest BCUT2D eigenvalue weighted by molar-refractivity contribution is 0.0975.